The van der Waals surface area contributed by atoms with Gasteiger partial charge in [0.25, 0.3) is 6.43 Å². The molecule has 2 rings (SSSR count). The maximum Gasteiger partial charge on any atom is 0.263 e. The first-order chi connectivity index (χ1) is 7.16. The monoisotopic (exact) mass is 210 g/mol. The first-order valence-electron chi connectivity index (χ1n) is 4.27. The Morgan fingerprint density at radius 1 is 1.20 bits per heavy atom. The van der Waals surface area contributed by atoms with Gasteiger partial charge in [0, 0.05) is 17.2 Å². The SMILES string of the molecule is Nc1cc(-c2ccc(C(F)F)cc2)no1. The standard InChI is InChI=1S/C10H8F2N2O/c11-10(12)7-3-1-6(2-4-7)8-5-9(13)15-14-8/h1-5,10H,13H2. The van der Waals surface area contributed by atoms with E-state index in [0.29, 0.717) is 11.3 Å². The molecule has 0 radical (unpaired) electrons. The molecule has 5 heteroatoms. The maximum atomic E-state index is 12.3. The summed E-state index contributed by atoms with van der Waals surface area (Å²) in [5.74, 6) is 0.197. The van der Waals surface area contributed by atoms with Crippen LogP contribution in [0.3, 0.4) is 0 Å². The number of anilines is 1. The highest BCUT2D eigenvalue weighted by Crippen LogP contribution is 2.24. The lowest BCUT2D eigenvalue weighted by molar-refractivity contribution is 0.151. The van der Waals surface area contributed by atoms with Crippen molar-refractivity contribution < 1.29 is 13.3 Å². The van der Waals surface area contributed by atoms with Crippen LogP contribution in [0.2, 0.25) is 0 Å². The van der Waals surface area contributed by atoms with Crippen LogP contribution in [0.25, 0.3) is 11.3 Å². The predicted molar refractivity (Wildman–Crippen MR) is 51.3 cm³/mol. The lowest BCUT2D eigenvalue weighted by atomic mass is 10.1. The summed E-state index contributed by atoms with van der Waals surface area (Å²) in [6.45, 7) is 0. The molecule has 78 valence electrons. The molecule has 3 nitrogen and oxygen atoms in total. The van der Waals surface area contributed by atoms with Gasteiger partial charge in [-0.3, -0.25) is 0 Å². The highest BCUT2D eigenvalue weighted by molar-refractivity contribution is 5.61. The molecule has 1 heterocycles. The van der Waals surface area contributed by atoms with Crippen LogP contribution in [-0.4, -0.2) is 5.16 Å². The summed E-state index contributed by atoms with van der Waals surface area (Å²) in [5, 5.41) is 3.67. The molecular formula is C10H8F2N2O. The second-order valence-electron chi connectivity index (χ2n) is 3.04. The second kappa shape index (κ2) is 3.68. The Morgan fingerprint density at radius 2 is 1.87 bits per heavy atom. The van der Waals surface area contributed by atoms with Crippen LogP contribution >= 0.6 is 0 Å². The fourth-order valence-corrected chi connectivity index (χ4v) is 1.22. The van der Waals surface area contributed by atoms with Gasteiger partial charge in [0.05, 0.1) is 0 Å². The molecule has 0 amide bonds. The van der Waals surface area contributed by atoms with Crippen molar-refractivity contribution in [2.45, 2.75) is 6.43 Å². The number of nitrogens with zero attached hydrogens (tertiary/aromatic N) is 1. The molecule has 2 aromatic rings. The zero-order valence-corrected chi connectivity index (χ0v) is 7.65. The Morgan fingerprint density at radius 3 is 2.33 bits per heavy atom. The smallest absolute Gasteiger partial charge is 0.263 e. The van der Waals surface area contributed by atoms with Crippen LogP contribution in [0.15, 0.2) is 34.9 Å². The van der Waals surface area contributed by atoms with Gasteiger partial charge in [-0.05, 0) is 0 Å². The minimum absolute atomic E-state index is 0.0183. The van der Waals surface area contributed by atoms with Crippen molar-refractivity contribution in [1.82, 2.24) is 5.16 Å². The summed E-state index contributed by atoms with van der Waals surface area (Å²) in [5.41, 5.74) is 6.56. The Balaban J connectivity index is 2.31. The van der Waals surface area contributed by atoms with Crippen molar-refractivity contribution >= 4 is 5.88 Å². The summed E-state index contributed by atoms with van der Waals surface area (Å²) in [7, 11) is 0. The third kappa shape index (κ3) is 1.96. The Hall–Kier alpha value is -1.91. The van der Waals surface area contributed by atoms with Crippen LogP contribution < -0.4 is 5.73 Å². The van der Waals surface area contributed by atoms with E-state index in [9.17, 15) is 8.78 Å². The van der Waals surface area contributed by atoms with Gasteiger partial charge >= 0.3 is 0 Å². The quantitative estimate of drug-likeness (QED) is 0.829. The van der Waals surface area contributed by atoms with Gasteiger partial charge in [0.1, 0.15) is 5.69 Å². The number of nitrogen functional groups attached to an aromatic ring is 1. The van der Waals surface area contributed by atoms with Crippen molar-refractivity contribution in [3.63, 3.8) is 0 Å². The number of alkyl halides is 2. The van der Waals surface area contributed by atoms with Crippen molar-refractivity contribution in [2.75, 3.05) is 5.73 Å². The van der Waals surface area contributed by atoms with Crippen LogP contribution in [0.5, 0.6) is 0 Å². The van der Waals surface area contributed by atoms with E-state index in [2.05, 4.69) is 9.68 Å². The van der Waals surface area contributed by atoms with Gasteiger partial charge < -0.3 is 10.3 Å². The molecule has 0 atom stereocenters. The van der Waals surface area contributed by atoms with Crippen molar-refractivity contribution in [3.8, 4) is 11.3 Å². The molecule has 0 fully saturated rings. The van der Waals surface area contributed by atoms with Crippen LogP contribution in [0.4, 0.5) is 14.7 Å². The van der Waals surface area contributed by atoms with E-state index in [1.165, 1.54) is 18.2 Å². The van der Waals surface area contributed by atoms with E-state index in [4.69, 9.17) is 5.73 Å². The first-order valence-corrected chi connectivity index (χ1v) is 4.27. The van der Waals surface area contributed by atoms with Gasteiger partial charge in [0.2, 0.25) is 5.88 Å². The summed E-state index contributed by atoms with van der Waals surface area (Å²) >= 11 is 0. The maximum absolute atomic E-state index is 12.3. The van der Waals surface area contributed by atoms with Crippen LogP contribution in [-0.2, 0) is 0 Å². The van der Waals surface area contributed by atoms with E-state index < -0.39 is 6.43 Å². The molecule has 2 N–H and O–H groups in total. The Kier molecular flexibility index (Phi) is 2.37. The van der Waals surface area contributed by atoms with Gasteiger partial charge in [-0.2, -0.15) is 0 Å². The van der Waals surface area contributed by atoms with E-state index in [1.54, 1.807) is 12.1 Å². The Bertz CT molecular complexity index is 451. The summed E-state index contributed by atoms with van der Waals surface area (Å²) < 4.78 is 29.2. The molecule has 1 aromatic carbocycles. The van der Waals surface area contributed by atoms with Crippen molar-refractivity contribution in [1.29, 1.82) is 0 Å². The third-order valence-corrected chi connectivity index (χ3v) is 1.99. The minimum atomic E-state index is -2.46. The predicted octanol–water partition coefficient (Wildman–Crippen LogP) is 2.86. The Labute approximate surface area is 84.5 Å². The number of benzene rings is 1. The van der Waals surface area contributed by atoms with E-state index in [-0.39, 0.29) is 11.4 Å². The zero-order chi connectivity index (χ0) is 10.8. The minimum Gasteiger partial charge on any atom is -0.368 e. The molecule has 0 aliphatic heterocycles. The molecular weight excluding hydrogens is 202 g/mol. The highest BCUT2D eigenvalue weighted by atomic mass is 19.3. The van der Waals surface area contributed by atoms with Crippen LogP contribution in [0, 0.1) is 0 Å². The first kappa shape index (κ1) is 9.64. The summed E-state index contributed by atoms with van der Waals surface area (Å²) in [6.07, 6.45) is -2.46. The summed E-state index contributed by atoms with van der Waals surface area (Å²) in [4.78, 5) is 0. The number of aromatic nitrogens is 1. The summed E-state index contributed by atoms with van der Waals surface area (Å²) in [6, 6.07) is 7.35. The van der Waals surface area contributed by atoms with Gasteiger partial charge in [-0.15, -0.1) is 0 Å². The zero-order valence-electron chi connectivity index (χ0n) is 7.65. The molecule has 0 aliphatic rings. The van der Waals surface area contributed by atoms with Crippen molar-refractivity contribution in [2.24, 2.45) is 0 Å². The molecule has 0 aliphatic carbocycles. The topological polar surface area (TPSA) is 52.0 Å². The average Bonchev–Trinajstić information content (AvgIpc) is 2.65. The lowest BCUT2D eigenvalue weighted by Gasteiger charge is -1.99. The van der Waals surface area contributed by atoms with Gasteiger partial charge in [-0.25, -0.2) is 8.78 Å². The fourth-order valence-electron chi connectivity index (χ4n) is 1.22. The van der Waals surface area contributed by atoms with Crippen LogP contribution in [0.1, 0.15) is 12.0 Å². The highest BCUT2D eigenvalue weighted by Gasteiger charge is 2.08. The van der Waals surface area contributed by atoms with E-state index in [1.807, 2.05) is 0 Å². The lowest BCUT2D eigenvalue weighted by Crippen LogP contribution is -1.84. The number of nitrogens with two attached hydrogens (primary N) is 1. The molecule has 15 heavy (non-hydrogen) atoms. The normalized spacial score (nSPS) is 10.9. The largest absolute Gasteiger partial charge is 0.368 e. The van der Waals surface area contributed by atoms with E-state index in [0.717, 1.165) is 0 Å². The molecule has 0 unspecified atom stereocenters. The number of hydrogen-bond donors (Lipinski definition) is 1. The average molecular weight is 210 g/mol. The van der Waals surface area contributed by atoms with Gasteiger partial charge in [0.15, 0.2) is 0 Å². The van der Waals surface area contributed by atoms with Gasteiger partial charge in [-0.1, -0.05) is 29.4 Å². The van der Waals surface area contributed by atoms with E-state index >= 15 is 0 Å². The third-order valence-electron chi connectivity index (χ3n) is 1.99. The van der Waals surface area contributed by atoms with Crippen molar-refractivity contribution in [3.05, 3.63) is 35.9 Å². The number of hydrogen-bond acceptors (Lipinski definition) is 3. The fraction of sp³-hybridized carbons (Fsp3) is 0.100. The molecule has 0 saturated heterocycles. The number of rotatable bonds is 2. The molecule has 0 bridgehead atoms. The number of halogens is 2. The molecule has 1 aromatic heterocycles. The molecule has 0 saturated carbocycles. The second-order valence-corrected chi connectivity index (χ2v) is 3.04. The molecule has 0 spiro atoms.